The highest BCUT2D eigenvalue weighted by Crippen LogP contribution is 2.16. The minimum atomic E-state index is 0.287. The van der Waals surface area contributed by atoms with Gasteiger partial charge in [0.05, 0.1) is 19.8 Å². The summed E-state index contributed by atoms with van der Waals surface area (Å²) in [6.07, 6.45) is 0.374. The summed E-state index contributed by atoms with van der Waals surface area (Å²) in [7, 11) is 0. The predicted molar refractivity (Wildman–Crippen MR) is 40.0 cm³/mol. The van der Waals surface area contributed by atoms with Crippen molar-refractivity contribution in [3.8, 4) is 0 Å². The van der Waals surface area contributed by atoms with Gasteiger partial charge < -0.3 is 9.47 Å². The van der Waals surface area contributed by atoms with Crippen LogP contribution in [-0.2, 0) is 9.47 Å². The van der Waals surface area contributed by atoms with Gasteiger partial charge in [-0.3, -0.25) is 0 Å². The molecule has 1 saturated heterocycles. The van der Waals surface area contributed by atoms with E-state index in [0.717, 1.165) is 19.8 Å². The Bertz CT molecular complexity index is 100. The molecule has 0 radical (unpaired) electrons. The van der Waals surface area contributed by atoms with Crippen LogP contribution in [0.3, 0.4) is 0 Å². The Balaban J connectivity index is 2.04. The molecule has 1 aliphatic heterocycles. The van der Waals surface area contributed by atoms with Crippen LogP contribution in [-0.4, -0.2) is 25.9 Å². The second kappa shape index (κ2) is 2.89. The standard InChI is InChI=1S/C8H16O2/c1-8(2,3)6-10-7-4-9-5-7/h7H,4-6H2,1-3H3. The van der Waals surface area contributed by atoms with Gasteiger partial charge in [0.15, 0.2) is 0 Å². The summed E-state index contributed by atoms with van der Waals surface area (Å²) < 4.78 is 10.5. The Morgan fingerprint density at radius 1 is 1.40 bits per heavy atom. The zero-order chi connectivity index (χ0) is 7.61. The van der Waals surface area contributed by atoms with Gasteiger partial charge in [-0.1, -0.05) is 20.8 Å². The first kappa shape index (κ1) is 8.02. The Kier molecular flexibility index (Phi) is 2.32. The number of hydrogen-bond donors (Lipinski definition) is 0. The fourth-order valence-electron chi connectivity index (χ4n) is 0.678. The molecule has 2 heteroatoms. The first-order valence-electron chi connectivity index (χ1n) is 3.77. The van der Waals surface area contributed by atoms with E-state index in [1.165, 1.54) is 0 Å². The molecule has 0 atom stereocenters. The summed E-state index contributed by atoms with van der Waals surface area (Å²) in [5, 5.41) is 0. The van der Waals surface area contributed by atoms with Gasteiger partial charge in [-0.05, 0) is 5.41 Å². The molecule has 1 aliphatic rings. The molecule has 0 aromatic rings. The lowest BCUT2D eigenvalue weighted by atomic mass is 9.98. The maximum atomic E-state index is 5.52. The molecular formula is C8H16O2. The monoisotopic (exact) mass is 144 g/mol. The Morgan fingerprint density at radius 3 is 2.30 bits per heavy atom. The summed E-state index contributed by atoms with van der Waals surface area (Å²) in [5.41, 5.74) is 0.287. The van der Waals surface area contributed by atoms with Crippen molar-refractivity contribution in [2.75, 3.05) is 19.8 Å². The van der Waals surface area contributed by atoms with E-state index in [1.807, 2.05) is 0 Å². The van der Waals surface area contributed by atoms with Crippen LogP contribution in [0.5, 0.6) is 0 Å². The molecule has 1 rings (SSSR count). The smallest absolute Gasteiger partial charge is 0.104 e. The van der Waals surface area contributed by atoms with E-state index < -0.39 is 0 Å². The van der Waals surface area contributed by atoms with Gasteiger partial charge in [-0.15, -0.1) is 0 Å². The summed E-state index contributed by atoms with van der Waals surface area (Å²) >= 11 is 0. The first-order valence-corrected chi connectivity index (χ1v) is 3.77. The van der Waals surface area contributed by atoms with Crippen molar-refractivity contribution in [1.29, 1.82) is 0 Å². The van der Waals surface area contributed by atoms with Gasteiger partial charge in [0.1, 0.15) is 6.10 Å². The van der Waals surface area contributed by atoms with Crippen LogP contribution in [0.1, 0.15) is 20.8 Å². The van der Waals surface area contributed by atoms with E-state index in [9.17, 15) is 0 Å². The molecule has 0 N–H and O–H groups in total. The van der Waals surface area contributed by atoms with E-state index in [2.05, 4.69) is 20.8 Å². The molecule has 1 heterocycles. The minimum Gasteiger partial charge on any atom is -0.376 e. The highest BCUT2D eigenvalue weighted by Gasteiger charge is 2.21. The van der Waals surface area contributed by atoms with Crippen molar-refractivity contribution >= 4 is 0 Å². The normalized spacial score (nSPS) is 20.7. The Labute approximate surface area is 62.5 Å². The molecular weight excluding hydrogens is 128 g/mol. The average Bonchev–Trinajstić information content (AvgIpc) is 1.56. The fraction of sp³-hybridized carbons (Fsp3) is 1.00. The lowest BCUT2D eigenvalue weighted by molar-refractivity contribution is -0.141. The molecule has 0 amide bonds. The molecule has 0 spiro atoms. The molecule has 2 nitrogen and oxygen atoms in total. The lowest BCUT2D eigenvalue weighted by Crippen LogP contribution is -2.38. The van der Waals surface area contributed by atoms with Gasteiger partial charge in [-0.2, -0.15) is 0 Å². The molecule has 0 unspecified atom stereocenters. The van der Waals surface area contributed by atoms with Gasteiger partial charge in [0, 0.05) is 0 Å². The van der Waals surface area contributed by atoms with Crippen molar-refractivity contribution in [2.45, 2.75) is 26.9 Å². The maximum Gasteiger partial charge on any atom is 0.104 e. The summed E-state index contributed by atoms with van der Waals surface area (Å²) in [5.74, 6) is 0. The van der Waals surface area contributed by atoms with Crippen molar-refractivity contribution in [2.24, 2.45) is 5.41 Å². The molecule has 0 bridgehead atoms. The van der Waals surface area contributed by atoms with Crippen molar-refractivity contribution < 1.29 is 9.47 Å². The van der Waals surface area contributed by atoms with Crippen molar-refractivity contribution in [1.82, 2.24) is 0 Å². The number of ether oxygens (including phenoxy) is 2. The van der Waals surface area contributed by atoms with Crippen LogP contribution >= 0.6 is 0 Å². The van der Waals surface area contributed by atoms with Crippen LogP contribution in [0.4, 0.5) is 0 Å². The molecule has 0 saturated carbocycles. The quantitative estimate of drug-likeness (QED) is 0.584. The third kappa shape index (κ3) is 2.67. The van der Waals surface area contributed by atoms with Crippen LogP contribution in [0, 0.1) is 5.41 Å². The van der Waals surface area contributed by atoms with Crippen LogP contribution in [0.2, 0.25) is 0 Å². The zero-order valence-corrected chi connectivity index (χ0v) is 7.02. The Morgan fingerprint density at radius 2 is 2.00 bits per heavy atom. The Hall–Kier alpha value is -0.0800. The third-order valence-electron chi connectivity index (χ3n) is 1.36. The van der Waals surface area contributed by atoms with Gasteiger partial charge in [0.2, 0.25) is 0 Å². The number of rotatable bonds is 2. The molecule has 1 fully saturated rings. The molecule has 60 valence electrons. The van der Waals surface area contributed by atoms with Crippen molar-refractivity contribution in [3.05, 3.63) is 0 Å². The average molecular weight is 144 g/mol. The zero-order valence-electron chi connectivity index (χ0n) is 7.02. The van der Waals surface area contributed by atoms with E-state index in [1.54, 1.807) is 0 Å². The highest BCUT2D eigenvalue weighted by molar-refractivity contribution is 4.67. The van der Waals surface area contributed by atoms with Crippen LogP contribution in [0.15, 0.2) is 0 Å². The van der Waals surface area contributed by atoms with Crippen LogP contribution in [0.25, 0.3) is 0 Å². The minimum absolute atomic E-state index is 0.287. The third-order valence-corrected chi connectivity index (χ3v) is 1.36. The topological polar surface area (TPSA) is 18.5 Å². The van der Waals surface area contributed by atoms with Gasteiger partial charge in [0.25, 0.3) is 0 Å². The van der Waals surface area contributed by atoms with E-state index >= 15 is 0 Å². The van der Waals surface area contributed by atoms with Crippen molar-refractivity contribution in [3.63, 3.8) is 0 Å². The molecule has 0 aromatic carbocycles. The van der Waals surface area contributed by atoms with E-state index in [-0.39, 0.29) is 5.41 Å². The predicted octanol–water partition coefficient (Wildman–Crippen LogP) is 1.45. The molecule has 0 aliphatic carbocycles. The second-order valence-electron chi connectivity index (χ2n) is 4.03. The van der Waals surface area contributed by atoms with E-state index in [0.29, 0.717) is 6.10 Å². The largest absolute Gasteiger partial charge is 0.376 e. The maximum absolute atomic E-state index is 5.52. The lowest BCUT2D eigenvalue weighted by Gasteiger charge is -2.29. The van der Waals surface area contributed by atoms with Crippen LogP contribution < -0.4 is 0 Å². The SMILES string of the molecule is CC(C)(C)COC1COC1. The summed E-state index contributed by atoms with van der Waals surface area (Å²) in [6, 6.07) is 0. The molecule has 0 aromatic heterocycles. The van der Waals surface area contributed by atoms with Gasteiger partial charge >= 0.3 is 0 Å². The van der Waals surface area contributed by atoms with E-state index in [4.69, 9.17) is 9.47 Å². The number of hydrogen-bond acceptors (Lipinski definition) is 2. The first-order chi connectivity index (χ1) is 4.58. The highest BCUT2D eigenvalue weighted by atomic mass is 16.6. The fourth-order valence-corrected chi connectivity index (χ4v) is 0.678. The van der Waals surface area contributed by atoms with Gasteiger partial charge in [-0.25, -0.2) is 0 Å². The summed E-state index contributed by atoms with van der Waals surface area (Å²) in [6.45, 7) is 8.93. The molecule has 10 heavy (non-hydrogen) atoms. The summed E-state index contributed by atoms with van der Waals surface area (Å²) in [4.78, 5) is 0. The second-order valence-corrected chi connectivity index (χ2v) is 4.03.